The molecule has 0 atom stereocenters. The molecule has 0 aliphatic carbocycles. The number of rotatable bonds is 5. The number of anilines is 1. The Bertz CT molecular complexity index is 1000. The van der Waals surface area contributed by atoms with E-state index in [4.69, 9.17) is 0 Å². The summed E-state index contributed by atoms with van der Waals surface area (Å²) in [4.78, 5) is 37.4. The molecule has 0 saturated carbocycles. The van der Waals surface area contributed by atoms with Gasteiger partial charge >= 0.3 is 0 Å². The van der Waals surface area contributed by atoms with Gasteiger partial charge in [0.2, 0.25) is 0 Å². The second-order valence-electron chi connectivity index (χ2n) is 7.98. The maximum Gasteiger partial charge on any atom is 0.258 e. The van der Waals surface area contributed by atoms with Crippen LogP contribution in [0.2, 0.25) is 0 Å². The normalized spacial score (nSPS) is 18.5. The largest absolute Gasteiger partial charge is 0.358 e. The molecule has 1 fully saturated rings. The van der Waals surface area contributed by atoms with Crippen LogP contribution in [0.5, 0.6) is 0 Å². The fraction of sp³-hybridized carbons (Fsp3) is 0.409. The van der Waals surface area contributed by atoms with Crippen molar-refractivity contribution in [2.24, 2.45) is 0 Å². The second kappa shape index (κ2) is 8.41. The Morgan fingerprint density at radius 2 is 2.03 bits per heavy atom. The van der Waals surface area contributed by atoms with Crippen LogP contribution in [0.1, 0.15) is 33.0 Å². The Morgan fingerprint density at radius 3 is 2.80 bits per heavy atom. The summed E-state index contributed by atoms with van der Waals surface area (Å²) in [7, 11) is 2.13. The number of hydrogen-bond donors (Lipinski definition) is 3. The topological polar surface area (TPSA) is 93.4 Å². The van der Waals surface area contributed by atoms with Crippen LogP contribution in [-0.4, -0.2) is 77.9 Å². The van der Waals surface area contributed by atoms with Crippen molar-refractivity contribution in [2.45, 2.75) is 13.8 Å². The number of carbonyl (C=O) groups excluding carboxylic acids is 2. The monoisotopic (exact) mass is 408 g/mol. The van der Waals surface area contributed by atoms with Gasteiger partial charge in [0.05, 0.1) is 22.5 Å². The van der Waals surface area contributed by atoms with Gasteiger partial charge in [0.15, 0.2) is 0 Å². The van der Waals surface area contributed by atoms with Crippen molar-refractivity contribution in [1.82, 2.24) is 25.1 Å². The lowest BCUT2D eigenvalue weighted by Gasteiger charge is -2.32. The molecule has 2 aromatic heterocycles. The van der Waals surface area contributed by atoms with Crippen LogP contribution in [0.25, 0.3) is 11.6 Å². The second-order valence-corrected chi connectivity index (χ2v) is 7.98. The lowest BCUT2D eigenvalue weighted by atomic mass is 10.1. The molecule has 8 nitrogen and oxygen atoms in total. The van der Waals surface area contributed by atoms with E-state index in [1.165, 1.54) is 0 Å². The summed E-state index contributed by atoms with van der Waals surface area (Å²) in [5.41, 5.74) is 4.84. The zero-order valence-corrected chi connectivity index (χ0v) is 17.7. The Morgan fingerprint density at radius 1 is 1.27 bits per heavy atom. The zero-order chi connectivity index (χ0) is 21.3. The van der Waals surface area contributed by atoms with Crippen LogP contribution in [0.15, 0.2) is 18.3 Å². The van der Waals surface area contributed by atoms with E-state index < -0.39 is 0 Å². The molecule has 2 aliphatic heterocycles. The summed E-state index contributed by atoms with van der Waals surface area (Å²) >= 11 is 0. The number of aryl methyl sites for hydroxylation is 1. The highest BCUT2D eigenvalue weighted by atomic mass is 16.2. The predicted molar refractivity (Wildman–Crippen MR) is 117 cm³/mol. The number of pyridine rings is 1. The number of fused-ring (bicyclic) bond motifs is 1. The van der Waals surface area contributed by atoms with E-state index in [1.807, 2.05) is 19.9 Å². The van der Waals surface area contributed by atoms with Gasteiger partial charge in [-0.15, -0.1) is 0 Å². The van der Waals surface area contributed by atoms with E-state index in [2.05, 4.69) is 37.4 Å². The third-order valence-electron chi connectivity index (χ3n) is 5.86. The smallest absolute Gasteiger partial charge is 0.258 e. The van der Waals surface area contributed by atoms with E-state index in [9.17, 15) is 9.59 Å². The molecule has 0 unspecified atom stereocenters. The van der Waals surface area contributed by atoms with E-state index in [0.717, 1.165) is 49.7 Å². The molecule has 2 amide bonds. The highest BCUT2D eigenvalue weighted by Crippen LogP contribution is 2.32. The van der Waals surface area contributed by atoms with Crippen molar-refractivity contribution in [2.75, 3.05) is 51.6 Å². The van der Waals surface area contributed by atoms with Crippen molar-refractivity contribution < 1.29 is 9.59 Å². The molecular weight excluding hydrogens is 380 g/mol. The molecule has 0 aromatic carbocycles. The van der Waals surface area contributed by atoms with E-state index >= 15 is 0 Å². The molecular formula is C22H28N6O2. The molecule has 158 valence electrons. The third-order valence-corrected chi connectivity index (χ3v) is 5.86. The van der Waals surface area contributed by atoms with Gasteiger partial charge in [-0.3, -0.25) is 19.5 Å². The fourth-order valence-corrected chi connectivity index (χ4v) is 4.04. The number of carbonyl (C=O) groups is 2. The zero-order valence-electron chi connectivity index (χ0n) is 17.7. The first kappa shape index (κ1) is 20.3. The summed E-state index contributed by atoms with van der Waals surface area (Å²) in [6.07, 6.45) is 3.44. The number of hydrogen-bond acceptors (Lipinski definition) is 5. The molecule has 2 aliphatic rings. The number of H-pyrrole nitrogens is 1. The van der Waals surface area contributed by atoms with Gasteiger partial charge in [-0.2, -0.15) is 0 Å². The number of nitrogens with one attached hydrogen (secondary N) is 3. The van der Waals surface area contributed by atoms with Crippen LogP contribution in [0.4, 0.5) is 5.69 Å². The Balaban J connectivity index is 1.46. The SMILES string of the molecule is Cc1[nH]c(/C=C2\C(=O)Nc3cccnc32)c(C)c1C(=O)NCCN1CCN(C)CC1. The van der Waals surface area contributed by atoms with E-state index in [-0.39, 0.29) is 11.8 Å². The number of amides is 2. The van der Waals surface area contributed by atoms with Gasteiger partial charge in [0.25, 0.3) is 11.8 Å². The van der Waals surface area contributed by atoms with E-state index in [0.29, 0.717) is 29.1 Å². The van der Waals surface area contributed by atoms with Gasteiger partial charge in [0.1, 0.15) is 0 Å². The first-order valence-electron chi connectivity index (χ1n) is 10.3. The summed E-state index contributed by atoms with van der Waals surface area (Å²) in [6.45, 7) is 9.43. The van der Waals surface area contributed by atoms with Crippen molar-refractivity contribution >= 4 is 29.2 Å². The summed E-state index contributed by atoms with van der Waals surface area (Å²) in [5.74, 6) is -0.275. The first-order chi connectivity index (χ1) is 14.4. The number of likely N-dealkylation sites (N-methyl/N-ethyl adjacent to an activating group) is 1. The van der Waals surface area contributed by atoms with Crippen molar-refractivity contribution in [3.05, 3.63) is 46.5 Å². The molecule has 2 aromatic rings. The van der Waals surface area contributed by atoms with Crippen LogP contribution in [0, 0.1) is 13.8 Å². The number of aromatic nitrogens is 2. The minimum absolute atomic E-state index is 0.0885. The Kier molecular flexibility index (Phi) is 5.69. The lowest BCUT2D eigenvalue weighted by Crippen LogP contribution is -2.46. The Hall–Kier alpha value is -2.97. The highest BCUT2D eigenvalue weighted by Gasteiger charge is 2.26. The summed E-state index contributed by atoms with van der Waals surface area (Å²) in [6, 6.07) is 3.61. The van der Waals surface area contributed by atoms with Crippen LogP contribution >= 0.6 is 0 Å². The van der Waals surface area contributed by atoms with Gasteiger partial charge in [-0.25, -0.2) is 0 Å². The van der Waals surface area contributed by atoms with Gasteiger partial charge in [-0.05, 0) is 44.7 Å². The first-order valence-corrected chi connectivity index (χ1v) is 10.3. The number of piperazine rings is 1. The maximum absolute atomic E-state index is 12.8. The maximum atomic E-state index is 12.8. The fourth-order valence-electron chi connectivity index (χ4n) is 4.04. The van der Waals surface area contributed by atoms with Gasteiger partial charge in [-0.1, -0.05) is 0 Å². The quantitative estimate of drug-likeness (QED) is 0.652. The molecule has 0 bridgehead atoms. The minimum atomic E-state index is -0.187. The molecule has 3 N–H and O–H groups in total. The predicted octanol–water partition coefficient (Wildman–Crippen LogP) is 1.50. The van der Waals surface area contributed by atoms with Crippen molar-refractivity contribution in [3.8, 4) is 0 Å². The van der Waals surface area contributed by atoms with Gasteiger partial charge < -0.3 is 20.5 Å². The minimum Gasteiger partial charge on any atom is -0.358 e. The average molecular weight is 409 g/mol. The molecule has 4 heterocycles. The number of aromatic amines is 1. The summed E-state index contributed by atoms with van der Waals surface area (Å²) < 4.78 is 0. The molecule has 0 spiro atoms. The van der Waals surface area contributed by atoms with Gasteiger partial charge in [0, 0.05) is 56.9 Å². The molecule has 8 heteroatoms. The van der Waals surface area contributed by atoms with Crippen molar-refractivity contribution in [3.63, 3.8) is 0 Å². The molecule has 30 heavy (non-hydrogen) atoms. The van der Waals surface area contributed by atoms with E-state index in [1.54, 1.807) is 18.3 Å². The van der Waals surface area contributed by atoms with Crippen molar-refractivity contribution in [1.29, 1.82) is 0 Å². The summed E-state index contributed by atoms with van der Waals surface area (Å²) in [5, 5.41) is 5.87. The average Bonchev–Trinajstić information content (AvgIpc) is 3.19. The number of nitrogens with zero attached hydrogens (tertiary/aromatic N) is 3. The molecule has 1 saturated heterocycles. The standard InChI is InChI=1S/C22H28N6O2/c1-14-18(13-16-20-17(26-21(16)29)5-4-6-23-20)25-15(2)19(14)22(30)24-7-8-28-11-9-27(3)10-12-28/h4-6,13,25H,7-12H2,1-3H3,(H,24,30)(H,26,29)/b16-13-. The highest BCUT2D eigenvalue weighted by molar-refractivity contribution is 6.34. The third kappa shape index (κ3) is 4.01. The molecule has 0 radical (unpaired) electrons. The molecule has 4 rings (SSSR count). The van der Waals surface area contributed by atoms with Crippen LogP contribution < -0.4 is 10.6 Å². The van der Waals surface area contributed by atoms with Crippen LogP contribution in [-0.2, 0) is 4.79 Å². The Labute approximate surface area is 176 Å². The lowest BCUT2D eigenvalue weighted by molar-refractivity contribution is -0.110. The van der Waals surface area contributed by atoms with Crippen LogP contribution in [0.3, 0.4) is 0 Å².